The average Bonchev–Trinajstić information content (AvgIpc) is 2.57. The van der Waals surface area contributed by atoms with Gasteiger partial charge in [-0.25, -0.2) is 5.43 Å². The van der Waals surface area contributed by atoms with Crippen molar-refractivity contribution in [1.82, 2.24) is 5.43 Å². The van der Waals surface area contributed by atoms with E-state index >= 15 is 0 Å². The number of hydrogen-bond acceptors (Lipinski definition) is 3. The Morgan fingerprint density at radius 1 is 0.955 bits per heavy atom. The van der Waals surface area contributed by atoms with Gasteiger partial charge in [-0.05, 0) is 23.3 Å². The maximum atomic E-state index is 12.0. The number of amides is 2. The topological polar surface area (TPSA) is 70.6 Å². The van der Waals surface area contributed by atoms with E-state index in [1.165, 1.54) is 0 Å². The Labute approximate surface area is 128 Å². The second-order valence-electron chi connectivity index (χ2n) is 4.99. The molecule has 0 unspecified atom stereocenters. The predicted octanol–water partition coefficient (Wildman–Crippen LogP) is 2.56. The second-order valence-corrected chi connectivity index (χ2v) is 4.99. The third-order valence-electron chi connectivity index (χ3n) is 3.42. The van der Waals surface area contributed by atoms with Gasteiger partial charge in [0.2, 0.25) is 5.91 Å². The average molecular weight is 293 g/mol. The monoisotopic (exact) mass is 293 g/mol. The van der Waals surface area contributed by atoms with E-state index in [1.807, 2.05) is 54.6 Å². The summed E-state index contributed by atoms with van der Waals surface area (Å²) in [4.78, 5) is 23.0. The Kier molecular flexibility index (Phi) is 3.96. The molecule has 0 fully saturated rings. The zero-order chi connectivity index (χ0) is 15.4. The maximum Gasteiger partial charge on any atom is 0.271 e. The molecule has 0 atom stereocenters. The highest BCUT2D eigenvalue weighted by Gasteiger charge is 2.18. The molecule has 1 aliphatic rings. The number of rotatable bonds is 3. The van der Waals surface area contributed by atoms with Gasteiger partial charge in [0.25, 0.3) is 5.91 Å². The molecule has 1 aliphatic heterocycles. The van der Waals surface area contributed by atoms with Gasteiger partial charge < -0.3 is 5.32 Å². The lowest BCUT2D eigenvalue weighted by Gasteiger charge is -2.12. The molecule has 2 aromatic carbocycles. The van der Waals surface area contributed by atoms with Crippen LogP contribution in [-0.4, -0.2) is 17.5 Å². The molecule has 0 saturated heterocycles. The Bertz CT molecular complexity index is 721. The van der Waals surface area contributed by atoms with E-state index in [0.717, 1.165) is 11.1 Å². The molecule has 0 aromatic heterocycles. The SMILES string of the molecule is O=C1CCC(C(=O)Nc2ccc(-c3ccccc3)cc2)=NN1. The number of anilines is 1. The number of benzene rings is 2. The molecule has 22 heavy (non-hydrogen) atoms. The number of nitrogens with zero attached hydrogens (tertiary/aromatic N) is 1. The van der Waals surface area contributed by atoms with Gasteiger partial charge in [-0.2, -0.15) is 5.10 Å². The highest BCUT2D eigenvalue weighted by molar-refractivity contribution is 6.43. The van der Waals surface area contributed by atoms with Crippen LogP contribution in [0.5, 0.6) is 0 Å². The Hall–Kier alpha value is -2.95. The van der Waals surface area contributed by atoms with Crippen LogP contribution < -0.4 is 10.7 Å². The van der Waals surface area contributed by atoms with Gasteiger partial charge in [-0.15, -0.1) is 0 Å². The summed E-state index contributed by atoms with van der Waals surface area (Å²) < 4.78 is 0. The van der Waals surface area contributed by atoms with E-state index in [-0.39, 0.29) is 11.8 Å². The fraction of sp³-hybridized carbons (Fsp3) is 0.118. The Morgan fingerprint density at radius 2 is 1.64 bits per heavy atom. The molecule has 1 heterocycles. The molecule has 110 valence electrons. The van der Waals surface area contributed by atoms with Crippen LogP contribution in [0.4, 0.5) is 5.69 Å². The van der Waals surface area contributed by atoms with E-state index in [1.54, 1.807) is 0 Å². The summed E-state index contributed by atoms with van der Waals surface area (Å²) >= 11 is 0. The van der Waals surface area contributed by atoms with Gasteiger partial charge in [0, 0.05) is 18.5 Å². The smallest absolute Gasteiger partial charge is 0.271 e. The quantitative estimate of drug-likeness (QED) is 0.913. The molecule has 0 spiro atoms. The molecular formula is C17H15N3O2. The van der Waals surface area contributed by atoms with Gasteiger partial charge in [-0.3, -0.25) is 9.59 Å². The summed E-state index contributed by atoms with van der Waals surface area (Å²) in [6.07, 6.45) is 0.652. The number of nitrogens with one attached hydrogen (secondary N) is 2. The lowest BCUT2D eigenvalue weighted by molar-refractivity contribution is -0.121. The van der Waals surface area contributed by atoms with Crippen LogP contribution >= 0.6 is 0 Å². The minimum Gasteiger partial charge on any atom is -0.321 e. The summed E-state index contributed by atoms with van der Waals surface area (Å²) in [7, 11) is 0. The summed E-state index contributed by atoms with van der Waals surface area (Å²) in [5, 5.41) is 6.56. The Morgan fingerprint density at radius 3 is 2.27 bits per heavy atom. The second kappa shape index (κ2) is 6.22. The van der Waals surface area contributed by atoms with E-state index in [4.69, 9.17) is 0 Å². The maximum absolute atomic E-state index is 12.0. The highest BCUT2D eigenvalue weighted by atomic mass is 16.2. The van der Waals surface area contributed by atoms with E-state index in [9.17, 15) is 9.59 Å². The van der Waals surface area contributed by atoms with Crippen molar-refractivity contribution in [2.45, 2.75) is 12.8 Å². The minimum atomic E-state index is -0.285. The standard InChI is InChI=1S/C17H15N3O2/c21-16-11-10-15(19-20-16)17(22)18-14-8-6-13(7-9-14)12-4-2-1-3-5-12/h1-9H,10-11H2,(H,18,22)(H,20,21). The molecule has 0 radical (unpaired) electrons. The lowest BCUT2D eigenvalue weighted by atomic mass is 10.1. The van der Waals surface area contributed by atoms with E-state index < -0.39 is 0 Å². The minimum absolute atomic E-state index is 0.163. The highest BCUT2D eigenvalue weighted by Crippen LogP contribution is 2.21. The molecular weight excluding hydrogens is 278 g/mol. The summed E-state index contributed by atoms with van der Waals surface area (Å²) in [6, 6.07) is 17.6. The van der Waals surface area contributed by atoms with Crippen LogP contribution in [0.25, 0.3) is 11.1 Å². The van der Waals surface area contributed by atoms with Crippen LogP contribution in [0.3, 0.4) is 0 Å². The van der Waals surface area contributed by atoms with Gasteiger partial charge in [0.15, 0.2) is 0 Å². The van der Waals surface area contributed by atoms with Crippen LogP contribution in [0.1, 0.15) is 12.8 Å². The third kappa shape index (κ3) is 3.20. The molecule has 2 N–H and O–H groups in total. The van der Waals surface area contributed by atoms with Gasteiger partial charge in [0.05, 0.1) is 0 Å². The number of hydrogen-bond donors (Lipinski definition) is 2. The van der Waals surface area contributed by atoms with Crippen molar-refractivity contribution in [3.05, 3.63) is 54.6 Å². The fourth-order valence-corrected chi connectivity index (χ4v) is 2.22. The number of carbonyl (C=O) groups is 2. The molecule has 3 rings (SSSR count). The summed E-state index contributed by atoms with van der Waals surface area (Å²) in [5.74, 6) is -0.448. The van der Waals surface area contributed by atoms with Crippen molar-refractivity contribution in [3.8, 4) is 11.1 Å². The van der Waals surface area contributed by atoms with E-state index in [0.29, 0.717) is 24.2 Å². The first-order chi connectivity index (χ1) is 10.7. The van der Waals surface area contributed by atoms with Gasteiger partial charge >= 0.3 is 0 Å². The first-order valence-electron chi connectivity index (χ1n) is 7.04. The van der Waals surface area contributed by atoms with Crippen molar-refractivity contribution >= 4 is 23.2 Å². The van der Waals surface area contributed by atoms with Crippen LogP contribution in [-0.2, 0) is 9.59 Å². The van der Waals surface area contributed by atoms with E-state index in [2.05, 4.69) is 15.8 Å². The van der Waals surface area contributed by atoms with Crippen molar-refractivity contribution in [2.24, 2.45) is 5.10 Å². The molecule has 0 bridgehead atoms. The first kappa shape index (κ1) is 14.0. The largest absolute Gasteiger partial charge is 0.321 e. The predicted molar refractivity (Wildman–Crippen MR) is 85.3 cm³/mol. The zero-order valence-corrected chi connectivity index (χ0v) is 11.9. The molecule has 5 heteroatoms. The van der Waals surface area contributed by atoms with Crippen LogP contribution in [0.2, 0.25) is 0 Å². The number of hydrazone groups is 1. The van der Waals surface area contributed by atoms with Crippen molar-refractivity contribution < 1.29 is 9.59 Å². The zero-order valence-electron chi connectivity index (χ0n) is 11.9. The summed E-state index contributed by atoms with van der Waals surface area (Å²) in [5.41, 5.74) is 5.56. The van der Waals surface area contributed by atoms with Crippen LogP contribution in [0, 0.1) is 0 Å². The number of carbonyl (C=O) groups excluding carboxylic acids is 2. The molecule has 0 aliphatic carbocycles. The van der Waals surface area contributed by atoms with Crippen molar-refractivity contribution in [1.29, 1.82) is 0 Å². The normalized spacial score (nSPS) is 14.0. The summed E-state index contributed by atoms with van der Waals surface area (Å²) in [6.45, 7) is 0. The first-order valence-corrected chi connectivity index (χ1v) is 7.04. The Balaban J connectivity index is 1.69. The molecule has 0 saturated carbocycles. The van der Waals surface area contributed by atoms with Crippen molar-refractivity contribution in [2.75, 3.05) is 5.32 Å². The lowest BCUT2D eigenvalue weighted by Crippen LogP contribution is -2.32. The fourth-order valence-electron chi connectivity index (χ4n) is 2.22. The molecule has 2 amide bonds. The van der Waals surface area contributed by atoms with Crippen molar-refractivity contribution in [3.63, 3.8) is 0 Å². The van der Waals surface area contributed by atoms with Gasteiger partial charge in [-0.1, -0.05) is 42.5 Å². The molecule has 2 aromatic rings. The molecule has 5 nitrogen and oxygen atoms in total. The van der Waals surface area contributed by atoms with Gasteiger partial charge in [0.1, 0.15) is 5.71 Å². The van der Waals surface area contributed by atoms with Crippen LogP contribution in [0.15, 0.2) is 59.7 Å². The third-order valence-corrected chi connectivity index (χ3v) is 3.42.